The summed E-state index contributed by atoms with van der Waals surface area (Å²) < 4.78 is 17.8. The SMILES string of the molecule is CN(C)CCOc1ccc(C(=O)c2oc3cc4c(cc3c2-c2ccccc2)CCCO4)cc1. The van der Waals surface area contributed by atoms with E-state index in [1.165, 1.54) is 0 Å². The molecule has 168 valence electrons. The van der Waals surface area contributed by atoms with Crippen LogP contribution in [0.15, 0.2) is 71.1 Å². The van der Waals surface area contributed by atoms with E-state index in [2.05, 4.69) is 11.0 Å². The van der Waals surface area contributed by atoms with Crippen molar-refractivity contribution in [2.75, 3.05) is 33.9 Å². The minimum Gasteiger partial charge on any atom is -0.493 e. The smallest absolute Gasteiger partial charge is 0.228 e. The van der Waals surface area contributed by atoms with Crippen molar-refractivity contribution in [3.8, 4) is 22.6 Å². The van der Waals surface area contributed by atoms with E-state index in [-0.39, 0.29) is 5.78 Å². The summed E-state index contributed by atoms with van der Waals surface area (Å²) in [4.78, 5) is 15.6. The van der Waals surface area contributed by atoms with Crippen LogP contribution >= 0.6 is 0 Å². The fourth-order valence-corrected chi connectivity index (χ4v) is 4.17. The Labute approximate surface area is 193 Å². The average Bonchev–Trinajstić information content (AvgIpc) is 3.21. The molecule has 0 amide bonds. The fourth-order valence-electron chi connectivity index (χ4n) is 4.17. The first-order valence-electron chi connectivity index (χ1n) is 11.3. The van der Waals surface area contributed by atoms with Gasteiger partial charge in [0.2, 0.25) is 5.78 Å². The number of benzene rings is 3. The number of rotatable bonds is 7. The molecular formula is C28H27NO4. The molecule has 5 heteroatoms. The van der Waals surface area contributed by atoms with E-state index < -0.39 is 0 Å². The van der Waals surface area contributed by atoms with Crippen molar-refractivity contribution in [2.24, 2.45) is 0 Å². The molecule has 0 aliphatic carbocycles. The summed E-state index contributed by atoms with van der Waals surface area (Å²) in [6, 6.07) is 21.2. The Morgan fingerprint density at radius 1 is 1.03 bits per heavy atom. The summed E-state index contributed by atoms with van der Waals surface area (Å²) in [5.74, 6) is 1.79. The molecule has 0 radical (unpaired) electrons. The third kappa shape index (κ3) is 4.37. The van der Waals surface area contributed by atoms with Crippen molar-refractivity contribution in [1.29, 1.82) is 0 Å². The van der Waals surface area contributed by atoms with E-state index in [1.807, 2.05) is 62.6 Å². The number of hydrogen-bond donors (Lipinski definition) is 0. The summed E-state index contributed by atoms with van der Waals surface area (Å²) in [6.45, 7) is 2.13. The Morgan fingerprint density at radius 2 is 1.82 bits per heavy atom. The van der Waals surface area contributed by atoms with Crippen LogP contribution in [0, 0.1) is 0 Å². The monoisotopic (exact) mass is 441 g/mol. The molecule has 0 bridgehead atoms. The molecule has 3 aromatic carbocycles. The number of ketones is 1. The van der Waals surface area contributed by atoms with Gasteiger partial charge in [-0.3, -0.25) is 4.79 Å². The van der Waals surface area contributed by atoms with Gasteiger partial charge in [-0.25, -0.2) is 0 Å². The Bertz CT molecular complexity index is 1270. The molecule has 0 unspecified atom stereocenters. The highest BCUT2D eigenvalue weighted by Crippen LogP contribution is 2.40. The quantitative estimate of drug-likeness (QED) is 0.350. The zero-order valence-corrected chi connectivity index (χ0v) is 19.0. The lowest BCUT2D eigenvalue weighted by Gasteiger charge is -2.16. The van der Waals surface area contributed by atoms with Gasteiger partial charge in [-0.05, 0) is 68.4 Å². The zero-order chi connectivity index (χ0) is 22.8. The van der Waals surface area contributed by atoms with Crippen molar-refractivity contribution in [2.45, 2.75) is 12.8 Å². The van der Waals surface area contributed by atoms with E-state index in [4.69, 9.17) is 13.9 Å². The van der Waals surface area contributed by atoms with E-state index in [1.54, 1.807) is 12.1 Å². The largest absolute Gasteiger partial charge is 0.493 e. The summed E-state index contributed by atoms with van der Waals surface area (Å²) >= 11 is 0. The van der Waals surface area contributed by atoms with Crippen LogP contribution in [-0.2, 0) is 6.42 Å². The predicted octanol–water partition coefficient (Wildman–Crippen LogP) is 5.60. The van der Waals surface area contributed by atoms with E-state index >= 15 is 0 Å². The molecule has 2 heterocycles. The van der Waals surface area contributed by atoms with Crippen molar-refractivity contribution in [3.05, 3.63) is 83.6 Å². The van der Waals surface area contributed by atoms with Crippen LogP contribution in [-0.4, -0.2) is 44.5 Å². The third-order valence-corrected chi connectivity index (χ3v) is 5.91. The second-order valence-electron chi connectivity index (χ2n) is 8.59. The van der Waals surface area contributed by atoms with E-state index in [0.29, 0.717) is 30.1 Å². The maximum Gasteiger partial charge on any atom is 0.228 e. The van der Waals surface area contributed by atoms with Gasteiger partial charge in [0.25, 0.3) is 0 Å². The standard InChI is InChI=1S/C28H27NO4/c1-29(2)14-16-31-22-12-10-20(11-13-22)27(30)28-26(19-7-4-3-5-8-19)23-17-21-9-6-15-32-24(21)18-25(23)33-28/h3-5,7-8,10-13,17-18H,6,9,14-16H2,1-2H3. The Balaban J connectivity index is 1.53. The fraction of sp³-hybridized carbons (Fsp3) is 0.250. The molecule has 1 aliphatic heterocycles. The topological polar surface area (TPSA) is 51.9 Å². The maximum absolute atomic E-state index is 13.6. The number of carbonyl (C=O) groups is 1. The number of carbonyl (C=O) groups excluding carboxylic acids is 1. The minimum absolute atomic E-state index is 0.149. The van der Waals surface area contributed by atoms with E-state index in [9.17, 15) is 4.79 Å². The lowest BCUT2D eigenvalue weighted by molar-refractivity contribution is 0.101. The molecule has 33 heavy (non-hydrogen) atoms. The van der Waals surface area contributed by atoms with Gasteiger partial charge in [0.1, 0.15) is 23.7 Å². The first-order valence-corrected chi connectivity index (χ1v) is 11.3. The summed E-state index contributed by atoms with van der Waals surface area (Å²) in [6.07, 6.45) is 1.95. The van der Waals surface area contributed by atoms with Gasteiger partial charge in [0, 0.05) is 29.1 Å². The number of nitrogens with zero attached hydrogens (tertiary/aromatic N) is 1. The van der Waals surface area contributed by atoms with Gasteiger partial charge in [0.15, 0.2) is 5.76 Å². The molecule has 0 N–H and O–H groups in total. The van der Waals surface area contributed by atoms with Gasteiger partial charge in [-0.1, -0.05) is 30.3 Å². The van der Waals surface area contributed by atoms with Gasteiger partial charge in [0.05, 0.1) is 6.61 Å². The summed E-state index contributed by atoms with van der Waals surface area (Å²) in [7, 11) is 4.01. The number of fused-ring (bicyclic) bond motifs is 2. The van der Waals surface area contributed by atoms with Crippen LogP contribution in [0.25, 0.3) is 22.1 Å². The van der Waals surface area contributed by atoms with Crippen LogP contribution in [0.2, 0.25) is 0 Å². The van der Waals surface area contributed by atoms with Crippen molar-refractivity contribution in [1.82, 2.24) is 4.90 Å². The second-order valence-corrected chi connectivity index (χ2v) is 8.59. The van der Waals surface area contributed by atoms with Crippen molar-refractivity contribution in [3.63, 3.8) is 0 Å². The van der Waals surface area contributed by atoms with Gasteiger partial charge in [-0.15, -0.1) is 0 Å². The Hall–Kier alpha value is -3.57. The number of likely N-dealkylation sites (N-methyl/N-ethyl adjacent to an activating group) is 1. The summed E-state index contributed by atoms with van der Waals surface area (Å²) in [5.41, 5.74) is 4.17. The zero-order valence-electron chi connectivity index (χ0n) is 19.0. The van der Waals surface area contributed by atoms with Gasteiger partial charge >= 0.3 is 0 Å². The minimum atomic E-state index is -0.149. The van der Waals surface area contributed by atoms with Crippen molar-refractivity contribution >= 4 is 16.8 Å². The molecule has 5 nitrogen and oxygen atoms in total. The first kappa shape index (κ1) is 21.3. The molecule has 0 atom stereocenters. The highest BCUT2D eigenvalue weighted by Gasteiger charge is 2.25. The van der Waals surface area contributed by atoms with Crippen LogP contribution in [0.3, 0.4) is 0 Å². The number of furan rings is 1. The van der Waals surface area contributed by atoms with Crippen molar-refractivity contribution < 1.29 is 18.7 Å². The molecule has 1 aliphatic rings. The maximum atomic E-state index is 13.6. The highest BCUT2D eigenvalue weighted by atomic mass is 16.5. The molecule has 1 aromatic heterocycles. The molecule has 0 fully saturated rings. The lowest BCUT2D eigenvalue weighted by atomic mass is 9.96. The third-order valence-electron chi connectivity index (χ3n) is 5.91. The molecule has 0 saturated carbocycles. The van der Waals surface area contributed by atoms with Crippen LogP contribution < -0.4 is 9.47 Å². The highest BCUT2D eigenvalue weighted by molar-refractivity contribution is 6.15. The first-order chi connectivity index (χ1) is 16.1. The second kappa shape index (κ2) is 9.12. The van der Waals surface area contributed by atoms with Gasteiger partial charge < -0.3 is 18.8 Å². The Kier molecular flexibility index (Phi) is 5.88. The van der Waals surface area contributed by atoms with E-state index in [0.717, 1.165) is 53.0 Å². The Morgan fingerprint density at radius 3 is 2.58 bits per heavy atom. The van der Waals surface area contributed by atoms with Crippen LogP contribution in [0.4, 0.5) is 0 Å². The average molecular weight is 442 g/mol. The normalized spacial score (nSPS) is 13.1. The number of ether oxygens (including phenoxy) is 2. The molecule has 4 aromatic rings. The number of aryl methyl sites for hydroxylation is 1. The van der Waals surface area contributed by atoms with Gasteiger partial charge in [-0.2, -0.15) is 0 Å². The molecule has 5 rings (SSSR count). The predicted molar refractivity (Wildman–Crippen MR) is 129 cm³/mol. The van der Waals surface area contributed by atoms with Crippen LogP contribution in [0.1, 0.15) is 28.1 Å². The van der Waals surface area contributed by atoms with Crippen LogP contribution in [0.5, 0.6) is 11.5 Å². The number of hydrogen-bond acceptors (Lipinski definition) is 5. The molecular weight excluding hydrogens is 414 g/mol. The molecule has 0 spiro atoms. The molecule has 0 saturated heterocycles. The summed E-state index contributed by atoms with van der Waals surface area (Å²) in [5, 5.41) is 0.942. The lowest BCUT2D eigenvalue weighted by Crippen LogP contribution is -2.19.